The number of rotatable bonds is 3. The fraction of sp³-hybridized carbons (Fsp3) is 0.231. The number of carbonyl (C=O) groups is 1. The lowest BCUT2D eigenvalue weighted by molar-refractivity contribution is 0.102. The molecule has 1 aliphatic rings. The summed E-state index contributed by atoms with van der Waals surface area (Å²) in [6.45, 7) is 1.62. The highest BCUT2D eigenvalue weighted by Gasteiger charge is 2.17. The van der Waals surface area contributed by atoms with Gasteiger partial charge in [0.2, 0.25) is 0 Å². The SMILES string of the molecule is COc1ccc(C(=O)Nc2nc3c(s2)CNC3)cc1. The van der Waals surface area contributed by atoms with Crippen molar-refractivity contribution in [2.75, 3.05) is 12.4 Å². The van der Waals surface area contributed by atoms with Gasteiger partial charge in [-0.2, -0.15) is 0 Å². The van der Waals surface area contributed by atoms with Gasteiger partial charge in [0.1, 0.15) is 5.75 Å². The van der Waals surface area contributed by atoms with Crippen molar-refractivity contribution in [2.24, 2.45) is 0 Å². The molecule has 1 aromatic carbocycles. The zero-order valence-corrected chi connectivity index (χ0v) is 11.2. The number of aromatic nitrogens is 1. The Morgan fingerprint density at radius 1 is 1.37 bits per heavy atom. The van der Waals surface area contributed by atoms with E-state index in [1.165, 1.54) is 16.2 Å². The molecule has 2 aromatic rings. The molecule has 19 heavy (non-hydrogen) atoms. The summed E-state index contributed by atoms with van der Waals surface area (Å²) in [5, 5.41) is 6.70. The number of fused-ring (bicyclic) bond motifs is 1. The van der Waals surface area contributed by atoms with Crippen molar-refractivity contribution in [3.63, 3.8) is 0 Å². The number of carbonyl (C=O) groups excluding carboxylic acids is 1. The van der Waals surface area contributed by atoms with Crippen LogP contribution in [0.3, 0.4) is 0 Å². The Bertz CT molecular complexity index is 585. The lowest BCUT2D eigenvalue weighted by atomic mass is 10.2. The Balaban J connectivity index is 1.72. The highest BCUT2D eigenvalue weighted by atomic mass is 32.1. The van der Waals surface area contributed by atoms with Gasteiger partial charge in [-0.05, 0) is 24.3 Å². The molecule has 2 heterocycles. The van der Waals surface area contributed by atoms with Gasteiger partial charge in [-0.3, -0.25) is 10.1 Å². The minimum absolute atomic E-state index is 0.150. The van der Waals surface area contributed by atoms with Crippen molar-refractivity contribution in [2.45, 2.75) is 13.1 Å². The molecule has 0 spiro atoms. The average Bonchev–Trinajstić information content (AvgIpc) is 2.99. The van der Waals surface area contributed by atoms with Gasteiger partial charge in [0, 0.05) is 23.5 Å². The molecule has 1 aromatic heterocycles. The van der Waals surface area contributed by atoms with Crippen molar-refractivity contribution in [3.05, 3.63) is 40.4 Å². The van der Waals surface area contributed by atoms with Crippen LogP contribution in [0.4, 0.5) is 5.13 Å². The molecule has 1 aliphatic heterocycles. The zero-order chi connectivity index (χ0) is 13.2. The number of hydrogen-bond donors (Lipinski definition) is 2. The Labute approximate surface area is 114 Å². The normalized spacial score (nSPS) is 13.1. The lowest BCUT2D eigenvalue weighted by Gasteiger charge is -2.03. The van der Waals surface area contributed by atoms with Crippen LogP contribution in [0.15, 0.2) is 24.3 Å². The average molecular weight is 275 g/mol. The molecule has 3 rings (SSSR count). The van der Waals surface area contributed by atoms with Crippen molar-refractivity contribution < 1.29 is 9.53 Å². The Hall–Kier alpha value is -1.92. The minimum Gasteiger partial charge on any atom is -0.497 e. The number of ether oxygens (including phenoxy) is 1. The fourth-order valence-electron chi connectivity index (χ4n) is 1.92. The van der Waals surface area contributed by atoms with Gasteiger partial charge in [-0.1, -0.05) is 0 Å². The van der Waals surface area contributed by atoms with E-state index in [2.05, 4.69) is 15.6 Å². The number of anilines is 1. The van der Waals surface area contributed by atoms with E-state index < -0.39 is 0 Å². The van der Waals surface area contributed by atoms with Crippen LogP contribution in [-0.4, -0.2) is 18.0 Å². The summed E-state index contributed by atoms with van der Waals surface area (Å²) in [5.41, 5.74) is 1.63. The maximum Gasteiger partial charge on any atom is 0.257 e. The fourth-order valence-corrected chi connectivity index (χ4v) is 2.86. The maximum atomic E-state index is 12.0. The van der Waals surface area contributed by atoms with Gasteiger partial charge in [-0.25, -0.2) is 4.98 Å². The summed E-state index contributed by atoms with van der Waals surface area (Å²) in [4.78, 5) is 17.6. The second-order valence-electron chi connectivity index (χ2n) is 4.18. The zero-order valence-electron chi connectivity index (χ0n) is 10.4. The van der Waals surface area contributed by atoms with E-state index >= 15 is 0 Å². The Morgan fingerprint density at radius 2 is 2.16 bits per heavy atom. The highest BCUT2D eigenvalue weighted by molar-refractivity contribution is 7.15. The number of methoxy groups -OCH3 is 1. The summed E-state index contributed by atoms with van der Waals surface area (Å²) in [7, 11) is 1.60. The molecule has 0 unspecified atom stereocenters. The standard InChI is InChI=1S/C13H13N3O2S/c1-18-9-4-2-8(3-5-9)12(17)16-13-15-10-6-14-7-11(10)19-13/h2-5,14H,6-7H2,1H3,(H,15,16,17). The first-order valence-corrected chi connectivity index (χ1v) is 6.72. The predicted molar refractivity (Wildman–Crippen MR) is 73.6 cm³/mol. The summed E-state index contributed by atoms with van der Waals surface area (Å²) in [5.74, 6) is 0.582. The summed E-state index contributed by atoms with van der Waals surface area (Å²) in [6, 6.07) is 7.00. The number of nitrogens with one attached hydrogen (secondary N) is 2. The minimum atomic E-state index is -0.150. The molecule has 0 aliphatic carbocycles. The molecule has 5 nitrogen and oxygen atoms in total. The Kier molecular flexibility index (Phi) is 3.18. The van der Waals surface area contributed by atoms with E-state index in [1.807, 2.05) is 0 Å². The van der Waals surface area contributed by atoms with Crippen LogP contribution in [0, 0.1) is 0 Å². The van der Waals surface area contributed by atoms with E-state index in [1.54, 1.807) is 31.4 Å². The molecule has 0 fully saturated rings. The smallest absolute Gasteiger partial charge is 0.257 e. The number of thiazole rings is 1. The second-order valence-corrected chi connectivity index (χ2v) is 5.26. The first-order valence-electron chi connectivity index (χ1n) is 5.91. The number of amides is 1. The van der Waals surface area contributed by atoms with Crippen LogP contribution in [0.1, 0.15) is 20.9 Å². The van der Waals surface area contributed by atoms with E-state index in [0.717, 1.165) is 24.5 Å². The van der Waals surface area contributed by atoms with Crippen LogP contribution < -0.4 is 15.4 Å². The molecule has 0 radical (unpaired) electrons. The van der Waals surface area contributed by atoms with Crippen molar-refractivity contribution >= 4 is 22.4 Å². The summed E-state index contributed by atoms with van der Waals surface area (Å²) in [6.07, 6.45) is 0. The second kappa shape index (κ2) is 4.99. The van der Waals surface area contributed by atoms with Crippen LogP contribution >= 0.6 is 11.3 Å². The van der Waals surface area contributed by atoms with Gasteiger partial charge in [0.15, 0.2) is 5.13 Å². The van der Waals surface area contributed by atoms with Crippen LogP contribution in [0.25, 0.3) is 0 Å². The van der Waals surface area contributed by atoms with Gasteiger partial charge in [0.05, 0.1) is 12.8 Å². The monoisotopic (exact) mass is 275 g/mol. The quantitative estimate of drug-likeness (QED) is 0.899. The number of hydrogen-bond acceptors (Lipinski definition) is 5. The van der Waals surface area contributed by atoms with E-state index in [-0.39, 0.29) is 5.91 Å². The van der Waals surface area contributed by atoms with E-state index in [9.17, 15) is 4.79 Å². The van der Waals surface area contributed by atoms with Crippen molar-refractivity contribution in [3.8, 4) is 5.75 Å². The first-order chi connectivity index (χ1) is 9.26. The van der Waals surface area contributed by atoms with Gasteiger partial charge < -0.3 is 10.1 Å². The van der Waals surface area contributed by atoms with Gasteiger partial charge >= 0.3 is 0 Å². The Morgan fingerprint density at radius 3 is 2.84 bits per heavy atom. The molecule has 0 bridgehead atoms. The summed E-state index contributed by atoms with van der Waals surface area (Å²) >= 11 is 1.52. The predicted octanol–water partition coefficient (Wildman–Crippen LogP) is 2.01. The largest absolute Gasteiger partial charge is 0.497 e. The first kappa shape index (κ1) is 12.1. The third kappa shape index (κ3) is 2.45. The molecule has 0 saturated carbocycles. The van der Waals surface area contributed by atoms with Crippen LogP contribution in [0.2, 0.25) is 0 Å². The molecule has 98 valence electrons. The maximum absolute atomic E-state index is 12.0. The molecule has 0 atom stereocenters. The van der Waals surface area contributed by atoms with Gasteiger partial charge in [-0.15, -0.1) is 11.3 Å². The van der Waals surface area contributed by atoms with Crippen LogP contribution in [0.5, 0.6) is 5.75 Å². The van der Waals surface area contributed by atoms with Crippen molar-refractivity contribution in [1.82, 2.24) is 10.3 Å². The molecule has 1 amide bonds. The summed E-state index contributed by atoms with van der Waals surface area (Å²) < 4.78 is 5.06. The molecule has 2 N–H and O–H groups in total. The molecular formula is C13H13N3O2S. The lowest BCUT2D eigenvalue weighted by Crippen LogP contribution is -2.12. The van der Waals surface area contributed by atoms with E-state index in [4.69, 9.17) is 4.74 Å². The highest BCUT2D eigenvalue weighted by Crippen LogP contribution is 2.26. The topological polar surface area (TPSA) is 63.2 Å². The molecule has 6 heteroatoms. The van der Waals surface area contributed by atoms with Gasteiger partial charge in [0.25, 0.3) is 5.91 Å². The molecule has 0 saturated heterocycles. The molecular weight excluding hydrogens is 262 g/mol. The van der Waals surface area contributed by atoms with E-state index in [0.29, 0.717) is 10.7 Å². The number of benzene rings is 1. The third-order valence-electron chi connectivity index (χ3n) is 2.93. The van der Waals surface area contributed by atoms with Crippen molar-refractivity contribution in [1.29, 1.82) is 0 Å². The number of nitrogens with zero attached hydrogens (tertiary/aromatic N) is 1. The van der Waals surface area contributed by atoms with Crippen LogP contribution in [-0.2, 0) is 13.1 Å². The third-order valence-corrected chi connectivity index (χ3v) is 3.94.